The van der Waals surface area contributed by atoms with E-state index < -0.39 is 0 Å². The van der Waals surface area contributed by atoms with E-state index in [1.165, 1.54) is 12.5 Å². The Hall–Kier alpha value is -2.66. The average Bonchev–Trinajstić information content (AvgIpc) is 2.66. The molecular formula is C21H24N2O3. The van der Waals surface area contributed by atoms with E-state index >= 15 is 0 Å². The number of morpholine rings is 1. The molecule has 2 aromatic carbocycles. The maximum Gasteiger partial charge on any atom is 0.254 e. The average molecular weight is 352 g/mol. The van der Waals surface area contributed by atoms with Crippen LogP contribution in [0.2, 0.25) is 0 Å². The first-order valence-electron chi connectivity index (χ1n) is 8.94. The Morgan fingerprint density at radius 1 is 1.15 bits per heavy atom. The molecule has 0 aliphatic carbocycles. The minimum Gasteiger partial charge on any atom is -0.375 e. The molecule has 1 saturated heterocycles. The van der Waals surface area contributed by atoms with Crippen molar-refractivity contribution >= 4 is 17.5 Å². The number of hydrogen-bond donors (Lipinski definition) is 1. The van der Waals surface area contributed by atoms with E-state index in [-0.39, 0.29) is 17.9 Å². The fraction of sp³-hybridized carbons (Fsp3) is 0.333. The van der Waals surface area contributed by atoms with Crippen LogP contribution in [0, 0.1) is 0 Å². The zero-order valence-corrected chi connectivity index (χ0v) is 15.0. The molecule has 0 spiro atoms. The second-order valence-electron chi connectivity index (χ2n) is 6.53. The Morgan fingerprint density at radius 3 is 2.73 bits per heavy atom. The molecule has 0 bridgehead atoms. The summed E-state index contributed by atoms with van der Waals surface area (Å²) in [6, 6.07) is 17.4. The van der Waals surface area contributed by atoms with Crippen molar-refractivity contribution in [1.82, 2.24) is 4.90 Å². The molecule has 1 atom stereocenters. The first kappa shape index (κ1) is 18.1. The summed E-state index contributed by atoms with van der Waals surface area (Å²) in [5.74, 6) is -0.174. The fourth-order valence-corrected chi connectivity index (χ4v) is 3.17. The molecule has 2 aromatic rings. The summed E-state index contributed by atoms with van der Waals surface area (Å²) in [5, 5.41) is 2.72. The van der Waals surface area contributed by atoms with Crippen LogP contribution in [-0.2, 0) is 16.0 Å². The zero-order chi connectivity index (χ0) is 18.4. The smallest absolute Gasteiger partial charge is 0.254 e. The lowest BCUT2D eigenvalue weighted by Crippen LogP contribution is -2.45. The zero-order valence-electron chi connectivity index (χ0n) is 15.0. The molecule has 1 aliphatic rings. The second-order valence-corrected chi connectivity index (χ2v) is 6.53. The number of carbonyl (C=O) groups excluding carboxylic acids is 2. The Labute approximate surface area is 154 Å². The predicted molar refractivity (Wildman–Crippen MR) is 101 cm³/mol. The molecule has 5 heteroatoms. The summed E-state index contributed by atoms with van der Waals surface area (Å²) in [5.41, 5.74) is 2.50. The van der Waals surface area contributed by atoms with Gasteiger partial charge in [-0.1, -0.05) is 36.4 Å². The van der Waals surface area contributed by atoms with E-state index in [0.29, 0.717) is 30.9 Å². The van der Waals surface area contributed by atoms with E-state index in [2.05, 4.69) is 17.4 Å². The van der Waals surface area contributed by atoms with Crippen LogP contribution < -0.4 is 5.32 Å². The molecule has 2 amide bonds. The van der Waals surface area contributed by atoms with Crippen LogP contribution in [0.1, 0.15) is 29.3 Å². The summed E-state index contributed by atoms with van der Waals surface area (Å²) in [6.45, 7) is 3.19. The van der Waals surface area contributed by atoms with Gasteiger partial charge in [-0.15, -0.1) is 0 Å². The fourth-order valence-electron chi connectivity index (χ4n) is 3.17. The number of benzene rings is 2. The minimum atomic E-state index is -0.151. The highest BCUT2D eigenvalue weighted by Gasteiger charge is 2.25. The molecule has 1 N–H and O–H groups in total. The molecule has 26 heavy (non-hydrogen) atoms. The lowest BCUT2D eigenvalue weighted by Gasteiger charge is -2.33. The third kappa shape index (κ3) is 4.92. The van der Waals surface area contributed by atoms with Crippen molar-refractivity contribution in [2.75, 3.05) is 25.0 Å². The van der Waals surface area contributed by atoms with Crippen molar-refractivity contribution in [2.45, 2.75) is 25.9 Å². The standard InChI is InChI=1S/C21H24N2O3/c1-16(24)22-19-9-5-8-18(14-19)21(25)23-12-13-26-20(15-23)11-10-17-6-3-2-4-7-17/h2-9,14,20H,10-13,15H2,1H3,(H,22,24)/t20-/m1/s1. The number of anilines is 1. The van der Waals surface area contributed by atoms with E-state index in [1.807, 2.05) is 23.1 Å². The molecule has 0 radical (unpaired) electrons. The number of amides is 2. The highest BCUT2D eigenvalue weighted by molar-refractivity contribution is 5.96. The minimum absolute atomic E-state index is 0.0230. The molecule has 136 valence electrons. The van der Waals surface area contributed by atoms with Gasteiger partial charge in [-0.3, -0.25) is 9.59 Å². The van der Waals surface area contributed by atoms with Crippen LogP contribution in [-0.4, -0.2) is 42.5 Å². The van der Waals surface area contributed by atoms with Gasteiger partial charge in [-0.05, 0) is 36.6 Å². The number of nitrogens with zero attached hydrogens (tertiary/aromatic N) is 1. The number of hydrogen-bond acceptors (Lipinski definition) is 3. The third-order valence-electron chi connectivity index (χ3n) is 4.45. The van der Waals surface area contributed by atoms with Crippen LogP contribution >= 0.6 is 0 Å². The summed E-state index contributed by atoms with van der Waals surface area (Å²) >= 11 is 0. The molecule has 0 saturated carbocycles. The SMILES string of the molecule is CC(=O)Nc1cccc(C(=O)N2CCO[C@H](CCc3ccccc3)C2)c1. The van der Waals surface area contributed by atoms with Crippen molar-refractivity contribution < 1.29 is 14.3 Å². The Bertz CT molecular complexity index is 761. The van der Waals surface area contributed by atoms with Crippen molar-refractivity contribution in [1.29, 1.82) is 0 Å². The van der Waals surface area contributed by atoms with E-state index in [4.69, 9.17) is 4.74 Å². The Balaban J connectivity index is 1.60. The highest BCUT2D eigenvalue weighted by atomic mass is 16.5. The quantitative estimate of drug-likeness (QED) is 0.899. The van der Waals surface area contributed by atoms with E-state index in [9.17, 15) is 9.59 Å². The van der Waals surface area contributed by atoms with Gasteiger partial charge in [0, 0.05) is 31.3 Å². The number of rotatable bonds is 5. The van der Waals surface area contributed by atoms with Gasteiger partial charge < -0.3 is 15.0 Å². The van der Waals surface area contributed by atoms with Gasteiger partial charge in [0.2, 0.25) is 5.91 Å². The molecule has 1 aliphatic heterocycles. The summed E-state index contributed by atoms with van der Waals surface area (Å²) < 4.78 is 5.84. The number of carbonyl (C=O) groups is 2. The van der Waals surface area contributed by atoms with E-state index in [1.54, 1.807) is 24.3 Å². The second kappa shape index (κ2) is 8.63. The van der Waals surface area contributed by atoms with Gasteiger partial charge >= 0.3 is 0 Å². The maximum absolute atomic E-state index is 12.8. The number of ether oxygens (including phenoxy) is 1. The van der Waals surface area contributed by atoms with Crippen LogP contribution in [0.5, 0.6) is 0 Å². The Kier molecular flexibility index (Phi) is 6.02. The molecule has 1 heterocycles. The van der Waals surface area contributed by atoms with Gasteiger partial charge in [0.1, 0.15) is 0 Å². The van der Waals surface area contributed by atoms with Gasteiger partial charge in [0.15, 0.2) is 0 Å². The van der Waals surface area contributed by atoms with Crippen molar-refractivity contribution in [3.05, 3.63) is 65.7 Å². The first-order chi connectivity index (χ1) is 12.6. The van der Waals surface area contributed by atoms with Gasteiger partial charge in [-0.25, -0.2) is 0 Å². The monoisotopic (exact) mass is 352 g/mol. The largest absolute Gasteiger partial charge is 0.375 e. The van der Waals surface area contributed by atoms with Crippen molar-refractivity contribution in [3.8, 4) is 0 Å². The number of aryl methyl sites for hydroxylation is 1. The molecule has 0 unspecified atom stereocenters. The molecule has 1 fully saturated rings. The van der Waals surface area contributed by atoms with E-state index in [0.717, 1.165) is 12.8 Å². The van der Waals surface area contributed by atoms with Gasteiger partial charge in [0.05, 0.1) is 12.7 Å². The molecule has 3 rings (SSSR count). The normalized spacial score (nSPS) is 17.0. The third-order valence-corrected chi connectivity index (χ3v) is 4.45. The van der Waals surface area contributed by atoms with Gasteiger partial charge in [-0.2, -0.15) is 0 Å². The summed E-state index contributed by atoms with van der Waals surface area (Å²) in [4.78, 5) is 25.9. The van der Waals surface area contributed by atoms with Crippen LogP contribution in [0.3, 0.4) is 0 Å². The summed E-state index contributed by atoms with van der Waals surface area (Å²) in [6.07, 6.45) is 1.87. The summed E-state index contributed by atoms with van der Waals surface area (Å²) in [7, 11) is 0. The topological polar surface area (TPSA) is 58.6 Å². The van der Waals surface area contributed by atoms with Crippen LogP contribution in [0.15, 0.2) is 54.6 Å². The van der Waals surface area contributed by atoms with Crippen LogP contribution in [0.25, 0.3) is 0 Å². The van der Waals surface area contributed by atoms with Gasteiger partial charge in [0.25, 0.3) is 5.91 Å². The predicted octanol–water partition coefficient (Wildman–Crippen LogP) is 3.12. The van der Waals surface area contributed by atoms with Crippen LogP contribution in [0.4, 0.5) is 5.69 Å². The first-order valence-corrected chi connectivity index (χ1v) is 8.94. The van der Waals surface area contributed by atoms with Crippen molar-refractivity contribution in [2.24, 2.45) is 0 Å². The number of nitrogens with one attached hydrogen (secondary N) is 1. The molecular weight excluding hydrogens is 328 g/mol. The molecule has 5 nitrogen and oxygen atoms in total. The Morgan fingerprint density at radius 2 is 1.96 bits per heavy atom. The van der Waals surface area contributed by atoms with Crippen molar-refractivity contribution in [3.63, 3.8) is 0 Å². The lowest BCUT2D eigenvalue weighted by molar-refractivity contribution is -0.114. The maximum atomic E-state index is 12.8. The molecule has 0 aromatic heterocycles. The highest BCUT2D eigenvalue weighted by Crippen LogP contribution is 2.17. The lowest BCUT2D eigenvalue weighted by atomic mass is 10.1.